The molecule has 172 valence electrons. The summed E-state index contributed by atoms with van der Waals surface area (Å²) in [4.78, 5) is 26.5. The molecule has 0 aliphatic carbocycles. The second kappa shape index (κ2) is 8.64. The number of carbonyl (C=O) groups excluding carboxylic acids is 2. The molecule has 1 amide bonds. The van der Waals surface area contributed by atoms with Crippen LogP contribution in [0.4, 0.5) is 17.2 Å². The number of benzene rings is 1. The third kappa shape index (κ3) is 3.83. The maximum absolute atomic E-state index is 13.3. The van der Waals surface area contributed by atoms with Gasteiger partial charge in [-0.25, -0.2) is 0 Å². The summed E-state index contributed by atoms with van der Waals surface area (Å²) in [6.07, 6.45) is 0. The molecule has 12 heteroatoms. The number of nitrogens with zero attached hydrogens (tertiary/aromatic N) is 1. The molecule has 0 fully saturated rings. The number of nitrogen functional groups attached to an aromatic ring is 2. The van der Waals surface area contributed by atoms with Crippen LogP contribution in [0, 0.1) is 6.92 Å². The van der Waals surface area contributed by atoms with E-state index in [9.17, 15) is 9.59 Å². The molecule has 0 aliphatic rings. The Morgan fingerprint density at radius 2 is 1.58 bits per heavy atom. The number of nitrogens with two attached hydrogens (primary N) is 2. The molecule has 0 spiro atoms. The number of ketones is 1. The predicted molar refractivity (Wildman–Crippen MR) is 127 cm³/mol. The summed E-state index contributed by atoms with van der Waals surface area (Å²) in [5.74, 6) is 1.13. The lowest BCUT2D eigenvalue weighted by molar-refractivity contribution is 0.102. The molecule has 0 saturated heterocycles. The molecule has 3 aromatic heterocycles. The highest BCUT2D eigenvalue weighted by Crippen LogP contribution is 2.46. The SMILES string of the molecule is COc1cc(C(=O)c2sc3sc(C(=O)Nc4cc(C)on4)c(N)c3c2N)cc(OC)c1OC. The van der Waals surface area contributed by atoms with Gasteiger partial charge in [-0.15, -0.1) is 22.7 Å². The average molecular weight is 489 g/mol. The first kappa shape index (κ1) is 22.4. The van der Waals surface area contributed by atoms with Crippen molar-refractivity contribution in [3.63, 3.8) is 0 Å². The zero-order valence-corrected chi connectivity index (χ0v) is 19.7. The Morgan fingerprint density at radius 3 is 2.09 bits per heavy atom. The summed E-state index contributed by atoms with van der Waals surface area (Å²) >= 11 is 2.31. The Hall–Kier alpha value is -3.77. The van der Waals surface area contributed by atoms with E-state index >= 15 is 0 Å². The fraction of sp³-hybridized carbons (Fsp3) is 0.190. The summed E-state index contributed by atoms with van der Waals surface area (Å²) in [5.41, 5.74) is 13.3. The highest BCUT2D eigenvalue weighted by atomic mass is 32.2. The number of thiophene rings is 2. The topological polar surface area (TPSA) is 152 Å². The predicted octanol–water partition coefficient (Wildman–Crippen LogP) is 3.93. The summed E-state index contributed by atoms with van der Waals surface area (Å²) in [5, 5.41) is 6.85. The summed E-state index contributed by atoms with van der Waals surface area (Å²) in [6, 6.07) is 4.70. The number of methoxy groups -OCH3 is 3. The van der Waals surface area contributed by atoms with Crippen molar-refractivity contribution in [3.8, 4) is 17.2 Å². The van der Waals surface area contributed by atoms with Crippen molar-refractivity contribution in [2.24, 2.45) is 0 Å². The van der Waals surface area contributed by atoms with Crippen molar-refractivity contribution in [3.05, 3.63) is 39.3 Å². The number of ether oxygens (including phenoxy) is 3. The van der Waals surface area contributed by atoms with Gasteiger partial charge >= 0.3 is 0 Å². The third-order valence-corrected chi connectivity index (χ3v) is 7.33. The quantitative estimate of drug-likeness (QED) is 0.328. The molecule has 10 nitrogen and oxygen atoms in total. The lowest BCUT2D eigenvalue weighted by Crippen LogP contribution is -2.12. The van der Waals surface area contributed by atoms with Gasteiger partial charge in [0, 0.05) is 11.6 Å². The Labute approximate surface area is 196 Å². The minimum atomic E-state index is -0.439. The van der Waals surface area contributed by atoms with Crippen LogP contribution >= 0.6 is 22.7 Å². The van der Waals surface area contributed by atoms with Crippen LogP contribution in [0.1, 0.15) is 30.7 Å². The maximum atomic E-state index is 13.3. The lowest BCUT2D eigenvalue weighted by Gasteiger charge is -2.13. The molecule has 0 atom stereocenters. The van der Waals surface area contributed by atoms with Gasteiger partial charge in [0.15, 0.2) is 17.3 Å². The van der Waals surface area contributed by atoms with E-state index in [0.29, 0.717) is 42.8 Å². The fourth-order valence-electron chi connectivity index (χ4n) is 3.29. The lowest BCUT2D eigenvalue weighted by atomic mass is 10.1. The zero-order chi connectivity index (χ0) is 23.9. The molecule has 0 saturated carbocycles. The molecule has 0 unspecified atom stereocenters. The van der Waals surface area contributed by atoms with Gasteiger partial charge in [-0.3, -0.25) is 9.59 Å². The zero-order valence-electron chi connectivity index (χ0n) is 18.1. The van der Waals surface area contributed by atoms with Crippen molar-refractivity contribution < 1.29 is 28.3 Å². The van der Waals surface area contributed by atoms with Gasteiger partial charge in [0.1, 0.15) is 15.5 Å². The number of carbonyl (C=O) groups is 2. The number of nitrogens with one attached hydrogen (secondary N) is 1. The van der Waals surface area contributed by atoms with E-state index in [-0.39, 0.29) is 27.9 Å². The van der Waals surface area contributed by atoms with Gasteiger partial charge < -0.3 is 35.5 Å². The number of rotatable bonds is 7. The number of hydrogen-bond donors (Lipinski definition) is 3. The second-order valence-electron chi connectivity index (χ2n) is 6.87. The van der Waals surface area contributed by atoms with Crippen LogP contribution in [0.2, 0.25) is 0 Å². The fourth-order valence-corrected chi connectivity index (χ4v) is 5.75. The summed E-state index contributed by atoms with van der Waals surface area (Å²) < 4.78 is 21.6. The average Bonchev–Trinajstić information content (AvgIpc) is 3.47. The monoisotopic (exact) mass is 488 g/mol. The molecule has 0 radical (unpaired) electrons. The van der Waals surface area contributed by atoms with Crippen molar-refractivity contribution in [1.82, 2.24) is 5.16 Å². The van der Waals surface area contributed by atoms with Crippen LogP contribution in [0.15, 0.2) is 22.7 Å². The normalized spacial score (nSPS) is 10.9. The summed E-state index contributed by atoms with van der Waals surface area (Å²) in [6.45, 7) is 1.71. The van der Waals surface area contributed by atoms with Crippen LogP contribution in [-0.2, 0) is 0 Å². The minimum absolute atomic E-state index is 0.199. The standard InChI is InChI=1S/C21H20N4O6S2/c1-8-5-12(25-31-8)24-20(27)19-15(23)13-14(22)18(32-21(13)33-19)16(26)9-6-10(28-2)17(30-4)11(7-9)29-3/h5-7H,22-23H2,1-4H3,(H,24,25,27). The van der Waals surface area contributed by atoms with Crippen LogP contribution in [0.3, 0.4) is 0 Å². The molecule has 5 N–H and O–H groups in total. The van der Waals surface area contributed by atoms with E-state index in [2.05, 4.69) is 10.5 Å². The van der Waals surface area contributed by atoms with Gasteiger partial charge in [-0.1, -0.05) is 5.16 Å². The molecule has 4 rings (SSSR count). The number of aryl methyl sites for hydroxylation is 1. The largest absolute Gasteiger partial charge is 0.493 e. The Balaban J connectivity index is 1.71. The van der Waals surface area contributed by atoms with Gasteiger partial charge in [0.25, 0.3) is 5.91 Å². The Morgan fingerprint density at radius 1 is 0.970 bits per heavy atom. The first-order valence-corrected chi connectivity index (χ1v) is 11.1. The first-order chi connectivity index (χ1) is 15.8. The van der Waals surface area contributed by atoms with Crippen molar-refractivity contribution >= 4 is 61.0 Å². The molecule has 0 bridgehead atoms. The maximum Gasteiger partial charge on any atom is 0.269 e. The Bertz CT molecular complexity index is 1360. The van der Waals surface area contributed by atoms with Gasteiger partial charge in [-0.05, 0) is 19.1 Å². The van der Waals surface area contributed by atoms with E-state index in [4.69, 9.17) is 30.2 Å². The molecule has 3 heterocycles. The molecular formula is C21H20N4O6S2. The first-order valence-electron chi connectivity index (χ1n) is 9.48. The van der Waals surface area contributed by atoms with Crippen molar-refractivity contribution in [1.29, 1.82) is 0 Å². The highest BCUT2D eigenvalue weighted by molar-refractivity contribution is 7.40. The highest BCUT2D eigenvalue weighted by Gasteiger charge is 2.27. The second-order valence-corrected chi connectivity index (χ2v) is 9.17. The number of anilines is 3. The number of fused-ring (bicyclic) bond motifs is 1. The van der Waals surface area contributed by atoms with Crippen molar-refractivity contribution in [2.75, 3.05) is 38.1 Å². The van der Waals surface area contributed by atoms with Gasteiger partial charge in [0.05, 0.1) is 42.1 Å². The molecule has 4 aromatic rings. The van der Waals surface area contributed by atoms with Gasteiger partial charge in [-0.2, -0.15) is 0 Å². The molecular weight excluding hydrogens is 468 g/mol. The van der Waals surface area contributed by atoms with E-state index in [1.807, 2.05) is 0 Å². The van der Waals surface area contributed by atoms with Crippen LogP contribution in [0.25, 0.3) is 9.40 Å². The van der Waals surface area contributed by atoms with E-state index in [1.54, 1.807) is 25.1 Å². The third-order valence-electron chi connectivity index (χ3n) is 4.83. The van der Waals surface area contributed by atoms with E-state index < -0.39 is 5.91 Å². The molecule has 0 aliphatic heterocycles. The summed E-state index contributed by atoms with van der Waals surface area (Å²) in [7, 11) is 4.41. The number of hydrogen-bond acceptors (Lipinski definition) is 11. The van der Waals surface area contributed by atoms with E-state index in [1.165, 1.54) is 21.3 Å². The van der Waals surface area contributed by atoms with Gasteiger partial charge in [0.2, 0.25) is 11.5 Å². The molecule has 33 heavy (non-hydrogen) atoms. The minimum Gasteiger partial charge on any atom is -0.493 e. The number of aromatic nitrogens is 1. The smallest absolute Gasteiger partial charge is 0.269 e. The van der Waals surface area contributed by atoms with Crippen LogP contribution in [-0.4, -0.2) is 38.2 Å². The van der Waals surface area contributed by atoms with Crippen molar-refractivity contribution in [2.45, 2.75) is 6.92 Å². The number of amides is 1. The van der Waals surface area contributed by atoms with Crippen LogP contribution in [0.5, 0.6) is 17.2 Å². The van der Waals surface area contributed by atoms with Crippen LogP contribution < -0.4 is 31.0 Å². The van der Waals surface area contributed by atoms with E-state index in [0.717, 1.165) is 22.7 Å². The molecule has 1 aromatic carbocycles. The Kier molecular flexibility index (Phi) is 5.87.